The Morgan fingerprint density at radius 1 is 0.765 bits per heavy atom. The fraction of sp³-hybridized carbons (Fsp3) is 0.235. The van der Waals surface area contributed by atoms with Crippen LogP contribution in [0.15, 0.2) is 42.5 Å². The Bertz CT molecular complexity index is 975. The number of rotatable bonds is 7. The molecule has 0 aromatic heterocycles. The molecule has 0 aliphatic carbocycles. The second-order valence-electron chi connectivity index (χ2n) is 6.03. The molecule has 0 heterocycles. The van der Waals surface area contributed by atoms with E-state index in [1.807, 2.05) is 0 Å². The SMILES string of the molecule is O=C(Oc1c(OC(F)(F)C(F)(F)F)cccc1OC(F)(F)C(F)(F)F)c1ccc(N([O-])O)cc1. The van der Waals surface area contributed by atoms with Gasteiger partial charge in [0.15, 0.2) is 11.5 Å². The predicted octanol–water partition coefficient (Wildman–Crippen LogP) is 5.67. The lowest BCUT2D eigenvalue weighted by Crippen LogP contribution is -2.42. The molecule has 0 spiro atoms. The molecule has 0 radical (unpaired) electrons. The Morgan fingerprint density at radius 2 is 1.18 bits per heavy atom. The van der Waals surface area contributed by atoms with Crippen LogP contribution in [0.4, 0.5) is 49.6 Å². The number of alkyl halides is 10. The summed E-state index contributed by atoms with van der Waals surface area (Å²) < 4.78 is 139. The summed E-state index contributed by atoms with van der Waals surface area (Å²) in [5.41, 5.74) is -1.06. The van der Waals surface area contributed by atoms with Gasteiger partial charge in [0.2, 0.25) is 5.75 Å². The number of esters is 1. The van der Waals surface area contributed by atoms with Gasteiger partial charge in [-0.15, -0.1) is 0 Å². The summed E-state index contributed by atoms with van der Waals surface area (Å²) in [4.78, 5) is 12.2. The standard InChI is InChI=1S/C17H8F10NO6/c18-14(19,20)16(24,25)33-10-2-1-3-11(34-17(26,27)15(21,22)23)12(10)32-13(29)8-4-6-9(7-5-8)28(30)31/h1-7,30H/q-1. The van der Waals surface area contributed by atoms with Crippen LogP contribution < -0.4 is 19.4 Å². The summed E-state index contributed by atoms with van der Waals surface area (Å²) in [5, 5.41) is 18.8. The van der Waals surface area contributed by atoms with Crippen LogP contribution in [-0.4, -0.2) is 35.7 Å². The number of carbonyl (C=O) groups excluding carboxylic acids is 1. The lowest BCUT2D eigenvalue weighted by Gasteiger charge is -2.24. The summed E-state index contributed by atoms with van der Waals surface area (Å²) in [6.45, 7) is 0. The summed E-state index contributed by atoms with van der Waals surface area (Å²) in [7, 11) is 0. The number of hydrogen-bond donors (Lipinski definition) is 1. The number of carbonyl (C=O) groups is 1. The second kappa shape index (κ2) is 9.05. The van der Waals surface area contributed by atoms with Gasteiger partial charge in [0, 0.05) is 0 Å². The molecule has 188 valence electrons. The molecule has 0 aliphatic heterocycles. The van der Waals surface area contributed by atoms with Gasteiger partial charge < -0.3 is 24.6 Å². The van der Waals surface area contributed by atoms with Crippen molar-refractivity contribution in [3.05, 3.63) is 53.2 Å². The van der Waals surface area contributed by atoms with Crippen LogP contribution in [-0.2, 0) is 0 Å². The third-order valence-electron chi connectivity index (χ3n) is 3.60. The van der Waals surface area contributed by atoms with E-state index in [4.69, 9.17) is 5.21 Å². The second-order valence-corrected chi connectivity index (χ2v) is 6.03. The van der Waals surface area contributed by atoms with E-state index in [9.17, 15) is 53.9 Å². The van der Waals surface area contributed by atoms with Crippen molar-refractivity contribution in [3.8, 4) is 17.2 Å². The van der Waals surface area contributed by atoms with Gasteiger partial charge in [-0.2, -0.15) is 43.9 Å². The highest BCUT2D eigenvalue weighted by atomic mass is 19.4. The van der Waals surface area contributed by atoms with Gasteiger partial charge in [-0.3, -0.25) is 5.21 Å². The van der Waals surface area contributed by atoms with E-state index in [1.165, 1.54) is 0 Å². The first-order chi connectivity index (χ1) is 15.4. The highest BCUT2D eigenvalue weighted by Crippen LogP contribution is 2.47. The molecule has 0 aliphatic rings. The van der Waals surface area contributed by atoms with E-state index in [-0.39, 0.29) is 12.1 Å². The van der Waals surface area contributed by atoms with Crippen molar-refractivity contribution < 1.29 is 68.1 Å². The van der Waals surface area contributed by atoms with Gasteiger partial charge in [0.05, 0.1) is 11.3 Å². The lowest BCUT2D eigenvalue weighted by atomic mass is 10.2. The van der Waals surface area contributed by atoms with Crippen molar-refractivity contribution in [2.24, 2.45) is 0 Å². The van der Waals surface area contributed by atoms with Crippen LogP contribution >= 0.6 is 0 Å². The van der Waals surface area contributed by atoms with E-state index >= 15 is 0 Å². The molecule has 2 aromatic carbocycles. The van der Waals surface area contributed by atoms with Crippen molar-refractivity contribution >= 4 is 11.7 Å². The van der Waals surface area contributed by atoms with Crippen LogP contribution in [0.5, 0.6) is 17.2 Å². The summed E-state index contributed by atoms with van der Waals surface area (Å²) in [5.74, 6) is -7.06. The number of anilines is 1. The number of para-hydroxylation sites is 1. The van der Waals surface area contributed by atoms with Gasteiger partial charge in [0.25, 0.3) is 0 Å². The zero-order valence-corrected chi connectivity index (χ0v) is 15.8. The third kappa shape index (κ3) is 5.90. The van der Waals surface area contributed by atoms with Crippen LogP contribution in [0.2, 0.25) is 0 Å². The average molecular weight is 512 g/mol. The maximum absolute atomic E-state index is 13.3. The zero-order chi connectivity index (χ0) is 26.1. The molecule has 2 rings (SSSR count). The molecule has 17 heteroatoms. The van der Waals surface area contributed by atoms with Crippen molar-refractivity contribution in [2.75, 3.05) is 5.23 Å². The van der Waals surface area contributed by atoms with Crippen molar-refractivity contribution in [1.29, 1.82) is 0 Å². The van der Waals surface area contributed by atoms with E-state index in [1.54, 1.807) is 0 Å². The molecule has 0 amide bonds. The van der Waals surface area contributed by atoms with Crippen LogP contribution in [0.25, 0.3) is 0 Å². The summed E-state index contributed by atoms with van der Waals surface area (Å²) >= 11 is 0. The molecule has 0 atom stereocenters. The zero-order valence-electron chi connectivity index (χ0n) is 15.8. The van der Waals surface area contributed by atoms with Crippen LogP contribution in [0.1, 0.15) is 10.4 Å². The molecule has 0 unspecified atom stereocenters. The molecule has 0 saturated carbocycles. The Kier molecular flexibility index (Phi) is 7.13. The minimum atomic E-state index is -6.37. The summed E-state index contributed by atoms with van der Waals surface area (Å²) in [6, 6.07) is 3.96. The van der Waals surface area contributed by atoms with Gasteiger partial charge in [-0.25, -0.2) is 4.79 Å². The van der Waals surface area contributed by atoms with Crippen LogP contribution in [0.3, 0.4) is 0 Å². The third-order valence-corrected chi connectivity index (χ3v) is 3.60. The summed E-state index contributed by atoms with van der Waals surface area (Å²) in [6.07, 6.45) is -24.7. The van der Waals surface area contributed by atoms with Gasteiger partial charge in [0.1, 0.15) is 0 Å². The molecule has 0 saturated heterocycles. The maximum Gasteiger partial charge on any atom is 0.499 e. The van der Waals surface area contributed by atoms with E-state index < -0.39 is 64.3 Å². The molecule has 34 heavy (non-hydrogen) atoms. The first-order valence-electron chi connectivity index (χ1n) is 8.24. The quantitative estimate of drug-likeness (QED) is 0.221. The molecule has 2 aromatic rings. The lowest BCUT2D eigenvalue weighted by molar-refractivity contribution is -0.362. The van der Waals surface area contributed by atoms with Crippen molar-refractivity contribution in [3.63, 3.8) is 0 Å². The normalized spacial score (nSPS) is 12.8. The minimum Gasteiger partial charge on any atom is -0.733 e. The van der Waals surface area contributed by atoms with E-state index in [0.29, 0.717) is 6.07 Å². The molecule has 1 N–H and O–H groups in total. The Morgan fingerprint density at radius 3 is 1.53 bits per heavy atom. The number of nitrogens with zero attached hydrogens (tertiary/aromatic N) is 1. The molecule has 0 fully saturated rings. The first kappa shape index (κ1) is 26.8. The molecule has 0 bridgehead atoms. The Hall–Kier alpha value is -3.47. The number of halogens is 10. The smallest absolute Gasteiger partial charge is 0.499 e. The van der Waals surface area contributed by atoms with Gasteiger partial charge in [-0.05, 0) is 36.4 Å². The average Bonchev–Trinajstić information content (AvgIpc) is 2.68. The molecular formula is C17H8F10NO6-. The fourth-order valence-corrected chi connectivity index (χ4v) is 2.03. The van der Waals surface area contributed by atoms with Crippen molar-refractivity contribution in [2.45, 2.75) is 24.6 Å². The van der Waals surface area contributed by atoms with Crippen molar-refractivity contribution in [1.82, 2.24) is 0 Å². The largest absolute Gasteiger partial charge is 0.733 e. The predicted molar refractivity (Wildman–Crippen MR) is 88.7 cm³/mol. The van der Waals surface area contributed by atoms with E-state index in [0.717, 1.165) is 24.3 Å². The minimum absolute atomic E-state index is 0.241. The topological polar surface area (TPSA) is 91.3 Å². The number of ether oxygens (including phenoxy) is 3. The Balaban J connectivity index is 2.53. The number of benzene rings is 2. The Labute approximate surface area is 181 Å². The number of hydrogen-bond acceptors (Lipinski definition) is 7. The van der Waals surface area contributed by atoms with Gasteiger partial charge >= 0.3 is 30.5 Å². The highest BCUT2D eigenvalue weighted by molar-refractivity contribution is 5.92. The monoisotopic (exact) mass is 512 g/mol. The highest BCUT2D eigenvalue weighted by Gasteiger charge is 2.63. The van der Waals surface area contributed by atoms with Gasteiger partial charge in [-0.1, -0.05) is 6.07 Å². The molecular weight excluding hydrogens is 504 g/mol. The maximum atomic E-state index is 13.3. The first-order valence-corrected chi connectivity index (χ1v) is 8.24. The van der Waals surface area contributed by atoms with E-state index in [2.05, 4.69) is 14.2 Å². The van der Waals surface area contributed by atoms with Crippen LogP contribution in [0, 0.1) is 5.21 Å². The molecule has 7 nitrogen and oxygen atoms in total. The fourth-order valence-electron chi connectivity index (χ4n) is 2.03.